The number of para-hydroxylation sites is 1. The van der Waals surface area contributed by atoms with Gasteiger partial charge in [-0.3, -0.25) is 14.4 Å². The molecule has 4 rings (SSSR count). The quantitative estimate of drug-likeness (QED) is 0.528. The average molecular weight is 447 g/mol. The normalized spacial score (nSPS) is 13.8. The van der Waals surface area contributed by atoms with Gasteiger partial charge in [0.2, 0.25) is 0 Å². The van der Waals surface area contributed by atoms with E-state index in [2.05, 4.69) is 27.5 Å². The Bertz CT molecular complexity index is 1110. The van der Waals surface area contributed by atoms with Crippen molar-refractivity contribution in [2.45, 2.75) is 26.1 Å². The van der Waals surface area contributed by atoms with Gasteiger partial charge in [0, 0.05) is 49.4 Å². The summed E-state index contributed by atoms with van der Waals surface area (Å²) in [7, 11) is 1.67. The number of hydrogen-bond acceptors (Lipinski definition) is 5. The van der Waals surface area contributed by atoms with Crippen molar-refractivity contribution in [1.29, 1.82) is 0 Å². The number of methoxy groups -OCH3 is 1. The summed E-state index contributed by atoms with van der Waals surface area (Å²) in [5.41, 5.74) is 4.52. The van der Waals surface area contributed by atoms with E-state index in [9.17, 15) is 9.90 Å². The molecule has 1 aliphatic heterocycles. The van der Waals surface area contributed by atoms with E-state index in [1.54, 1.807) is 11.8 Å². The van der Waals surface area contributed by atoms with Crippen LogP contribution in [-0.2, 0) is 26.1 Å². The number of aliphatic hydroxyl groups is 1. The number of aromatic nitrogens is 2. The largest absolute Gasteiger partial charge is 0.496 e. The summed E-state index contributed by atoms with van der Waals surface area (Å²) in [5, 5.41) is 17.0. The summed E-state index contributed by atoms with van der Waals surface area (Å²) in [4.78, 5) is 15.3. The highest BCUT2D eigenvalue weighted by molar-refractivity contribution is 5.94. The summed E-state index contributed by atoms with van der Waals surface area (Å²) < 4.78 is 7.20. The van der Waals surface area contributed by atoms with E-state index in [0.717, 1.165) is 47.6 Å². The molecule has 7 heteroatoms. The maximum Gasteiger partial charge on any atom is 0.272 e. The number of fused-ring (bicyclic) bond motifs is 1. The Kier molecular flexibility index (Phi) is 7.55. The number of ether oxygens (including phenoxy) is 1. The van der Waals surface area contributed by atoms with E-state index in [4.69, 9.17) is 4.74 Å². The highest BCUT2D eigenvalue weighted by atomic mass is 16.5. The third-order valence-electron chi connectivity index (χ3n) is 5.84. The number of amides is 1. The van der Waals surface area contributed by atoms with Crippen LogP contribution in [0.15, 0.2) is 60.7 Å². The lowest BCUT2D eigenvalue weighted by atomic mass is 10.0. The van der Waals surface area contributed by atoms with Crippen molar-refractivity contribution in [3.05, 3.63) is 88.8 Å². The lowest BCUT2D eigenvalue weighted by molar-refractivity contribution is 0.0942. The Hall–Kier alpha value is -3.42. The summed E-state index contributed by atoms with van der Waals surface area (Å²) in [6.07, 6.45) is 4.98. The minimum atomic E-state index is -0.182. The summed E-state index contributed by atoms with van der Waals surface area (Å²) >= 11 is 0. The van der Waals surface area contributed by atoms with Gasteiger partial charge in [0.1, 0.15) is 5.75 Å². The molecule has 172 valence electrons. The molecule has 33 heavy (non-hydrogen) atoms. The molecule has 0 radical (unpaired) electrons. The lowest BCUT2D eigenvalue weighted by Crippen LogP contribution is -2.33. The third kappa shape index (κ3) is 5.50. The van der Waals surface area contributed by atoms with Crippen molar-refractivity contribution in [2.75, 3.05) is 26.8 Å². The fraction of sp³-hybridized carbons (Fsp3) is 0.308. The van der Waals surface area contributed by atoms with Gasteiger partial charge >= 0.3 is 0 Å². The Balaban J connectivity index is 1.47. The van der Waals surface area contributed by atoms with Gasteiger partial charge in [0.15, 0.2) is 5.69 Å². The number of rotatable bonds is 9. The fourth-order valence-electron chi connectivity index (χ4n) is 4.16. The number of benzene rings is 2. The van der Waals surface area contributed by atoms with E-state index < -0.39 is 0 Å². The van der Waals surface area contributed by atoms with Gasteiger partial charge < -0.3 is 15.2 Å². The third-order valence-corrected chi connectivity index (χ3v) is 5.84. The van der Waals surface area contributed by atoms with E-state index in [1.165, 1.54) is 0 Å². The van der Waals surface area contributed by atoms with Gasteiger partial charge in [-0.25, -0.2) is 0 Å². The molecule has 0 atom stereocenters. The topological polar surface area (TPSA) is 79.6 Å². The predicted octanol–water partition coefficient (Wildman–Crippen LogP) is 2.89. The second kappa shape index (κ2) is 10.9. The zero-order chi connectivity index (χ0) is 23.0. The van der Waals surface area contributed by atoms with Crippen molar-refractivity contribution in [3.63, 3.8) is 0 Å². The molecule has 7 nitrogen and oxygen atoms in total. The van der Waals surface area contributed by atoms with Crippen molar-refractivity contribution in [2.24, 2.45) is 0 Å². The molecule has 2 aromatic carbocycles. The van der Waals surface area contributed by atoms with Crippen LogP contribution in [0.5, 0.6) is 5.75 Å². The lowest BCUT2D eigenvalue weighted by Gasteiger charge is -2.26. The number of hydrogen-bond donors (Lipinski definition) is 2. The highest BCUT2D eigenvalue weighted by Crippen LogP contribution is 2.24. The van der Waals surface area contributed by atoms with Gasteiger partial charge in [0.05, 0.1) is 20.3 Å². The fourth-order valence-corrected chi connectivity index (χ4v) is 4.16. The minimum absolute atomic E-state index is 0.00937. The number of carbonyl (C=O) groups excluding carboxylic acids is 1. The van der Waals surface area contributed by atoms with Gasteiger partial charge in [-0.15, -0.1) is 0 Å². The van der Waals surface area contributed by atoms with E-state index in [0.29, 0.717) is 25.3 Å². The first kappa shape index (κ1) is 22.8. The maximum absolute atomic E-state index is 13.0. The molecular formula is C26H30N4O3. The van der Waals surface area contributed by atoms with E-state index in [-0.39, 0.29) is 12.5 Å². The summed E-state index contributed by atoms with van der Waals surface area (Å²) in [6, 6.07) is 17.7. The molecule has 1 aromatic heterocycles. The molecule has 0 aliphatic carbocycles. The molecular weight excluding hydrogens is 416 g/mol. The minimum Gasteiger partial charge on any atom is -0.496 e. The molecule has 0 bridgehead atoms. The predicted molar refractivity (Wildman–Crippen MR) is 128 cm³/mol. The number of nitrogens with zero attached hydrogens (tertiary/aromatic N) is 3. The van der Waals surface area contributed by atoms with Gasteiger partial charge in [-0.2, -0.15) is 5.10 Å². The molecule has 0 saturated carbocycles. The average Bonchev–Trinajstić information content (AvgIpc) is 3.21. The van der Waals surface area contributed by atoms with Crippen molar-refractivity contribution in [3.8, 4) is 5.75 Å². The molecule has 0 unspecified atom stereocenters. The van der Waals surface area contributed by atoms with Crippen molar-refractivity contribution >= 4 is 12.0 Å². The molecule has 2 heterocycles. The van der Waals surface area contributed by atoms with Crippen LogP contribution in [0.2, 0.25) is 0 Å². The van der Waals surface area contributed by atoms with Gasteiger partial charge in [-0.05, 0) is 11.6 Å². The van der Waals surface area contributed by atoms with Crippen LogP contribution >= 0.6 is 0 Å². The molecule has 3 aromatic rings. The van der Waals surface area contributed by atoms with Crippen LogP contribution in [0, 0.1) is 0 Å². The second-order valence-electron chi connectivity index (χ2n) is 8.02. The van der Waals surface area contributed by atoms with Gasteiger partial charge in [0.25, 0.3) is 5.91 Å². The monoisotopic (exact) mass is 446 g/mol. The Morgan fingerprint density at radius 3 is 2.76 bits per heavy atom. The number of carbonyl (C=O) groups is 1. The molecule has 2 N–H and O–H groups in total. The first-order valence-electron chi connectivity index (χ1n) is 11.2. The number of nitrogens with one attached hydrogen (secondary N) is 1. The van der Waals surface area contributed by atoms with E-state index in [1.807, 2.05) is 54.6 Å². The Labute approximate surface area is 194 Å². The van der Waals surface area contributed by atoms with Crippen LogP contribution in [0.4, 0.5) is 0 Å². The van der Waals surface area contributed by atoms with Crippen LogP contribution in [0.1, 0.15) is 32.9 Å². The SMILES string of the molecule is COc1ccccc1C=CCN1CCc2c(c(C(=O)NCc3ccccc3)nn2CCO)C1. The zero-order valence-electron chi connectivity index (χ0n) is 18.9. The summed E-state index contributed by atoms with van der Waals surface area (Å²) in [6.45, 7) is 3.10. The highest BCUT2D eigenvalue weighted by Gasteiger charge is 2.27. The van der Waals surface area contributed by atoms with Crippen LogP contribution in [0.3, 0.4) is 0 Å². The van der Waals surface area contributed by atoms with Crippen molar-refractivity contribution < 1.29 is 14.6 Å². The standard InChI is InChI=1S/C26H30N4O3/c1-33-24-12-6-5-10-21(24)11-7-14-29-15-13-23-22(19-29)25(28-30(23)16-17-31)26(32)27-18-20-8-3-2-4-9-20/h2-12,31H,13-19H2,1H3,(H,27,32). The molecule has 0 saturated heterocycles. The Morgan fingerprint density at radius 1 is 1.18 bits per heavy atom. The first-order valence-corrected chi connectivity index (χ1v) is 11.2. The maximum atomic E-state index is 13.0. The summed E-state index contributed by atoms with van der Waals surface area (Å²) in [5.74, 6) is 0.663. The van der Waals surface area contributed by atoms with Crippen LogP contribution in [-0.4, -0.2) is 52.5 Å². The van der Waals surface area contributed by atoms with Crippen molar-refractivity contribution in [1.82, 2.24) is 20.0 Å². The van der Waals surface area contributed by atoms with Crippen LogP contribution in [0.25, 0.3) is 6.08 Å². The Morgan fingerprint density at radius 2 is 1.97 bits per heavy atom. The number of aliphatic hydroxyl groups excluding tert-OH is 1. The molecule has 1 aliphatic rings. The molecule has 1 amide bonds. The first-order chi connectivity index (χ1) is 16.2. The van der Waals surface area contributed by atoms with E-state index >= 15 is 0 Å². The van der Waals surface area contributed by atoms with Gasteiger partial charge in [-0.1, -0.05) is 60.7 Å². The smallest absolute Gasteiger partial charge is 0.272 e. The molecule has 0 fully saturated rings. The molecule has 0 spiro atoms. The van der Waals surface area contributed by atoms with Crippen LogP contribution < -0.4 is 10.1 Å². The zero-order valence-corrected chi connectivity index (χ0v) is 18.9. The second-order valence-corrected chi connectivity index (χ2v) is 8.02.